The van der Waals surface area contributed by atoms with Crippen molar-refractivity contribution >= 4 is 11.8 Å². The Kier molecular flexibility index (Phi) is 4.79. The van der Waals surface area contributed by atoms with E-state index < -0.39 is 6.04 Å². The minimum atomic E-state index is -0.588. The topological polar surface area (TPSA) is 83.4 Å². The van der Waals surface area contributed by atoms with Crippen LogP contribution in [0.1, 0.15) is 30.8 Å². The smallest absolute Gasteiger partial charge is 0.287 e. The minimum absolute atomic E-state index is 0.159. The molecule has 1 aliphatic rings. The molecule has 3 N–H and O–H groups in total. The van der Waals surface area contributed by atoms with Gasteiger partial charge in [-0.1, -0.05) is 6.92 Å². The average Bonchev–Trinajstić information content (AvgIpc) is 2.95. The first kappa shape index (κ1) is 14.6. The maximum absolute atomic E-state index is 12.1. The first-order valence-corrected chi connectivity index (χ1v) is 6.93. The number of furan rings is 1. The van der Waals surface area contributed by atoms with Crippen molar-refractivity contribution in [2.75, 3.05) is 13.1 Å². The van der Waals surface area contributed by atoms with Crippen LogP contribution in [-0.2, 0) is 4.79 Å². The molecular weight excluding hydrogens is 258 g/mol. The molecule has 0 bridgehead atoms. The molecule has 0 aliphatic carbocycles. The summed E-state index contributed by atoms with van der Waals surface area (Å²) >= 11 is 0. The van der Waals surface area contributed by atoms with Crippen molar-refractivity contribution in [2.45, 2.75) is 32.4 Å². The van der Waals surface area contributed by atoms with Gasteiger partial charge in [0.2, 0.25) is 5.91 Å². The van der Waals surface area contributed by atoms with Crippen LogP contribution in [0.2, 0.25) is 0 Å². The Hall–Kier alpha value is -1.82. The molecule has 2 rings (SSSR count). The second-order valence-electron chi connectivity index (χ2n) is 5.26. The standard InChI is InChI=1S/C14H21N3O3/c1-9-8-15-6-5-11(9)17-13(18)10(2)16-14(19)12-4-3-7-20-12/h3-4,7,9-11,15H,5-6,8H2,1-2H3,(H,16,19)(H,17,18). The Morgan fingerprint density at radius 1 is 1.50 bits per heavy atom. The fourth-order valence-corrected chi connectivity index (χ4v) is 2.28. The number of piperidine rings is 1. The van der Waals surface area contributed by atoms with Gasteiger partial charge in [-0.05, 0) is 44.5 Å². The van der Waals surface area contributed by atoms with Crippen LogP contribution in [0, 0.1) is 5.92 Å². The van der Waals surface area contributed by atoms with Gasteiger partial charge in [0.05, 0.1) is 6.26 Å². The Bertz CT molecular complexity index is 458. The summed E-state index contributed by atoms with van der Waals surface area (Å²) in [5.74, 6) is 0.0558. The van der Waals surface area contributed by atoms with Gasteiger partial charge in [0.25, 0.3) is 5.91 Å². The zero-order valence-electron chi connectivity index (χ0n) is 11.8. The molecule has 110 valence electrons. The van der Waals surface area contributed by atoms with Crippen LogP contribution in [0.4, 0.5) is 0 Å². The number of hydrogen-bond acceptors (Lipinski definition) is 4. The molecule has 0 spiro atoms. The highest BCUT2D eigenvalue weighted by molar-refractivity contribution is 5.95. The molecule has 0 aromatic carbocycles. The lowest BCUT2D eigenvalue weighted by Crippen LogP contribution is -2.53. The number of hydrogen-bond donors (Lipinski definition) is 3. The lowest BCUT2D eigenvalue weighted by atomic mass is 9.95. The molecule has 6 heteroatoms. The predicted octanol–water partition coefficient (Wildman–Crippen LogP) is 0.512. The first-order chi connectivity index (χ1) is 9.58. The van der Waals surface area contributed by atoms with E-state index in [4.69, 9.17) is 4.42 Å². The molecule has 2 heterocycles. The average molecular weight is 279 g/mol. The van der Waals surface area contributed by atoms with Crippen LogP contribution in [0.3, 0.4) is 0 Å². The molecule has 0 radical (unpaired) electrons. The van der Waals surface area contributed by atoms with Gasteiger partial charge in [-0.15, -0.1) is 0 Å². The summed E-state index contributed by atoms with van der Waals surface area (Å²) < 4.78 is 4.99. The largest absolute Gasteiger partial charge is 0.459 e. The normalized spacial score (nSPS) is 23.9. The third-order valence-corrected chi connectivity index (χ3v) is 3.60. The number of carbonyl (C=O) groups excluding carboxylic acids is 2. The van der Waals surface area contributed by atoms with Crippen LogP contribution in [0.25, 0.3) is 0 Å². The second kappa shape index (κ2) is 6.56. The highest BCUT2D eigenvalue weighted by Crippen LogP contribution is 2.10. The molecule has 3 atom stereocenters. The van der Waals surface area contributed by atoms with Crippen LogP contribution in [0.5, 0.6) is 0 Å². The molecule has 1 aromatic heterocycles. The first-order valence-electron chi connectivity index (χ1n) is 6.93. The summed E-state index contributed by atoms with van der Waals surface area (Å²) in [6, 6.07) is 2.77. The van der Waals surface area contributed by atoms with Crippen molar-refractivity contribution in [3.8, 4) is 0 Å². The summed E-state index contributed by atoms with van der Waals surface area (Å²) in [7, 11) is 0. The molecule has 0 saturated carbocycles. The van der Waals surface area contributed by atoms with E-state index in [1.807, 2.05) is 0 Å². The summed E-state index contributed by atoms with van der Waals surface area (Å²) in [5.41, 5.74) is 0. The van der Waals surface area contributed by atoms with Gasteiger partial charge in [0.15, 0.2) is 5.76 Å². The van der Waals surface area contributed by atoms with Gasteiger partial charge in [-0.2, -0.15) is 0 Å². The van der Waals surface area contributed by atoms with Crippen molar-refractivity contribution < 1.29 is 14.0 Å². The number of rotatable bonds is 4. The molecule has 2 amide bonds. The fourth-order valence-electron chi connectivity index (χ4n) is 2.28. The van der Waals surface area contributed by atoms with E-state index in [2.05, 4.69) is 22.9 Å². The van der Waals surface area contributed by atoms with Gasteiger partial charge >= 0.3 is 0 Å². The Balaban J connectivity index is 1.84. The highest BCUT2D eigenvalue weighted by Gasteiger charge is 2.25. The van der Waals surface area contributed by atoms with Crippen molar-refractivity contribution in [1.29, 1.82) is 0 Å². The number of amides is 2. The lowest BCUT2D eigenvalue weighted by Gasteiger charge is -2.31. The monoisotopic (exact) mass is 279 g/mol. The Labute approximate surface area is 118 Å². The van der Waals surface area contributed by atoms with E-state index in [1.165, 1.54) is 6.26 Å². The zero-order valence-corrected chi connectivity index (χ0v) is 11.8. The minimum Gasteiger partial charge on any atom is -0.459 e. The molecule has 6 nitrogen and oxygen atoms in total. The van der Waals surface area contributed by atoms with Crippen molar-refractivity contribution in [3.63, 3.8) is 0 Å². The SMILES string of the molecule is CC(NC(=O)c1ccco1)C(=O)NC1CCNCC1C. The molecular formula is C14H21N3O3. The number of nitrogens with one attached hydrogen (secondary N) is 3. The van der Waals surface area contributed by atoms with E-state index in [-0.39, 0.29) is 23.6 Å². The lowest BCUT2D eigenvalue weighted by molar-refractivity contribution is -0.123. The van der Waals surface area contributed by atoms with Gasteiger partial charge < -0.3 is 20.4 Å². The summed E-state index contributed by atoms with van der Waals surface area (Å²) in [4.78, 5) is 23.9. The van der Waals surface area contributed by atoms with Gasteiger partial charge in [0, 0.05) is 6.04 Å². The Morgan fingerprint density at radius 3 is 2.95 bits per heavy atom. The third-order valence-electron chi connectivity index (χ3n) is 3.60. The molecule has 1 aliphatic heterocycles. The quantitative estimate of drug-likeness (QED) is 0.750. The zero-order chi connectivity index (χ0) is 14.5. The van der Waals surface area contributed by atoms with Crippen LogP contribution in [-0.4, -0.2) is 37.0 Å². The summed E-state index contributed by atoms with van der Waals surface area (Å²) in [6.45, 7) is 5.58. The van der Waals surface area contributed by atoms with E-state index in [9.17, 15) is 9.59 Å². The molecule has 20 heavy (non-hydrogen) atoms. The molecule has 1 fully saturated rings. The Morgan fingerprint density at radius 2 is 2.30 bits per heavy atom. The van der Waals surface area contributed by atoms with Crippen molar-refractivity contribution in [1.82, 2.24) is 16.0 Å². The van der Waals surface area contributed by atoms with E-state index >= 15 is 0 Å². The van der Waals surface area contributed by atoms with Crippen molar-refractivity contribution in [3.05, 3.63) is 24.2 Å². The highest BCUT2D eigenvalue weighted by atomic mass is 16.3. The van der Waals surface area contributed by atoms with Crippen LogP contribution >= 0.6 is 0 Å². The summed E-state index contributed by atoms with van der Waals surface area (Å²) in [6.07, 6.45) is 2.34. The third kappa shape index (κ3) is 3.60. The van der Waals surface area contributed by atoms with Crippen LogP contribution < -0.4 is 16.0 Å². The maximum Gasteiger partial charge on any atom is 0.287 e. The van der Waals surface area contributed by atoms with Crippen molar-refractivity contribution in [2.24, 2.45) is 5.92 Å². The summed E-state index contributed by atoms with van der Waals surface area (Å²) in [5, 5.41) is 8.91. The van der Waals surface area contributed by atoms with Gasteiger partial charge in [-0.25, -0.2) is 0 Å². The fraction of sp³-hybridized carbons (Fsp3) is 0.571. The number of carbonyl (C=O) groups is 2. The van der Waals surface area contributed by atoms with E-state index in [0.717, 1.165) is 19.5 Å². The molecule has 3 unspecified atom stereocenters. The predicted molar refractivity (Wildman–Crippen MR) is 74.2 cm³/mol. The van der Waals surface area contributed by atoms with Gasteiger partial charge in [0.1, 0.15) is 6.04 Å². The van der Waals surface area contributed by atoms with E-state index in [0.29, 0.717) is 5.92 Å². The van der Waals surface area contributed by atoms with E-state index in [1.54, 1.807) is 19.1 Å². The molecule has 1 saturated heterocycles. The second-order valence-corrected chi connectivity index (χ2v) is 5.26. The van der Waals surface area contributed by atoms with Gasteiger partial charge in [-0.3, -0.25) is 9.59 Å². The molecule has 1 aromatic rings. The maximum atomic E-state index is 12.1. The van der Waals surface area contributed by atoms with Crippen LogP contribution in [0.15, 0.2) is 22.8 Å².